The molecule has 1 saturated heterocycles. The molecule has 4 nitrogen and oxygen atoms in total. The summed E-state index contributed by atoms with van der Waals surface area (Å²) < 4.78 is 0. The van der Waals surface area contributed by atoms with Gasteiger partial charge in [-0.3, -0.25) is 14.5 Å². The summed E-state index contributed by atoms with van der Waals surface area (Å²) in [5, 5.41) is 0. The van der Waals surface area contributed by atoms with Crippen LogP contribution in [0.3, 0.4) is 0 Å². The molecule has 0 radical (unpaired) electrons. The second-order valence-corrected chi connectivity index (χ2v) is 5.20. The van der Waals surface area contributed by atoms with Crippen LogP contribution in [0, 0.1) is 0 Å². The van der Waals surface area contributed by atoms with Gasteiger partial charge in [-0.1, -0.05) is 37.3 Å². The van der Waals surface area contributed by atoms with Crippen molar-refractivity contribution in [2.24, 2.45) is 0 Å². The first-order valence-corrected chi connectivity index (χ1v) is 7.22. The molecule has 0 bridgehead atoms. The Hall–Kier alpha value is -1.68. The molecule has 0 aromatic heterocycles. The number of nitrogens with zero attached hydrogens (tertiary/aromatic N) is 2. The molecule has 1 unspecified atom stereocenters. The zero-order chi connectivity index (χ0) is 14.5. The molecule has 1 amide bonds. The van der Waals surface area contributed by atoms with E-state index in [2.05, 4.69) is 4.90 Å². The van der Waals surface area contributed by atoms with Gasteiger partial charge in [0.1, 0.15) is 0 Å². The molecule has 0 aliphatic carbocycles. The van der Waals surface area contributed by atoms with Gasteiger partial charge in [0.2, 0.25) is 5.91 Å². The van der Waals surface area contributed by atoms with Crippen LogP contribution < -0.4 is 0 Å². The molecule has 20 heavy (non-hydrogen) atoms. The summed E-state index contributed by atoms with van der Waals surface area (Å²) >= 11 is 0. The molecule has 1 aliphatic heterocycles. The standard InChI is InChI=1S/C16H22N2O2/c1-3-15(16(20)14-7-5-4-6-8-14)18-11-9-17(10-12-18)13(2)19/h4-8,15H,3,9-12H2,1-2H3. The van der Waals surface area contributed by atoms with Gasteiger partial charge in [0.05, 0.1) is 6.04 Å². The Morgan fingerprint density at radius 1 is 1.10 bits per heavy atom. The summed E-state index contributed by atoms with van der Waals surface area (Å²) in [6.07, 6.45) is 0.799. The first-order valence-electron chi connectivity index (χ1n) is 7.22. The van der Waals surface area contributed by atoms with Crippen LogP contribution in [0.4, 0.5) is 0 Å². The Morgan fingerprint density at radius 2 is 1.70 bits per heavy atom. The third-order valence-corrected chi connectivity index (χ3v) is 3.95. The molecule has 108 valence electrons. The Morgan fingerprint density at radius 3 is 2.20 bits per heavy atom. The van der Waals surface area contributed by atoms with E-state index in [0.717, 1.165) is 25.1 Å². The number of amides is 1. The number of piperazine rings is 1. The average molecular weight is 274 g/mol. The number of carbonyl (C=O) groups excluding carboxylic acids is 2. The minimum Gasteiger partial charge on any atom is -0.340 e. The van der Waals surface area contributed by atoms with Gasteiger partial charge in [-0.05, 0) is 6.42 Å². The maximum atomic E-state index is 12.6. The van der Waals surface area contributed by atoms with Crippen molar-refractivity contribution >= 4 is 11.7 Å². The van der Waals surface area contributed by atoms with E-state index >= 15 is 0 Å². The van der Waals surface area contributed by atoms with Crippen molar-refractivity contribution in [3.8, 4) is 0 Å². The average Bonchev–Trinajstić information content (AvgIpc) is 2.49. The van der Waals surface area contributed by atoms with E-state index in [9.17, 15) is 9.59 Å². The number of rotatable bonds is 4. The molecule has 0 spiro atoms. The van der Waals surface area contributed by atoms with Gasteiger partial charge >= 0.3 is 0 Å². The summed E-state index contributed by atoms with van der Waals surface area (Å²) in [6, 6.07) is 9.38. The highest BCUT2D eigenvalue weighted by molar-refractivity contribution is 6.00. The Bertz CT molecular complexity index is 465. The fourth-order valence-electron chi connectivity index (χ4n) is 2.75. The summed E-state index contributed by atoms with van der Waals surface area (Å²) in [7, 11) is 0. The van der Waals surface area contributed by atoms with Crippen LogP contribution in [0.5, 0.6) is 0 Å². The zero-order valence-corrected chi connectivity index (χ0v) is 12.2. The van der Waals surface area contributed by atoms with Crippen molar-refractivity contribution in [3.63, 3.8) is 0 Å². The lowest BCUT2D eigenvalue weighted by atomic mass is 10.00. The van der Waals surface area contributed by atoms with Crippen LogP contribution in [0.25, 0.3) is 0 Å². The van der Waals surface area contributed by atoms with Crippen LogP contribution in [0.1, 0.15) is 30.6 Å². The highest BCUT2D eigenvalue weighted by atomic mass is 16.2. The monoisotopic (exact) mass is 274 g/mol. The molecule has 2 rings (SSSR count). The van der Waals surface area contributed by atoms with Crippen LogP contribution in [-0.4, -0.2) is 53.7 Å². The lowest BCUT2D eigenvalue weighted by Gasteiger charge is -2.38. The predicted molar refractivity (Wildman–Crippen MR) is 78.7 cm³/mol. The maximum Gasteiger partial charge on any atom is 0.219 e. The Labute approximate surface area is 120 Å². The van der Waals surface area contributed by atoms with E-state index in [1.807, 2.05) is 42.2 Å². The number of carbonyl (C=O) groups is 2. The molecule has 1 fully saturated rings. The van der Waals surface area contributed by atoms with Crippen molar-refractivity contribution in [2.75, 3.05) is 26.2 Å². The third-order valence-electron chi connectivity index (χ3n) is 3.95. The van der Waals surface area contributed by atoms with Crippen molar-refractivity contribution in [2.45, 2.75) is 26.3 Å². The molecule has 0 N–H and O–H groups in total. The van der Waals surface area contributed by atoms with E-state index in [-0.39, 0.29) is 17.7 Å². The van der Waals surface area contributed by atoms with Gasteiger partial charge in [-0.2, -0.15) is 0 Å². The van der Waals surface area contributed by atoms with Gasteiger partial charge in [0, 0.05) is 38.7 Å². The number of hydrogen-bond acceptors (Lipinski definition) is 3. The van der Waals surface area contributed by atoms with Crippen molar-refractivity contribution < 1.29 is 9.59 Å². The quantitative estimate of drug-likeness (QED) is 0.786. The predicted octanol–water partition coefficient (Wildman–Crippen LogP) is 1.81. The van der Waals surface area contributed by atoms with Crippen molar-refractivity contribution in [1.29, 1.82) is 0 Å². The fraction of sp³-hybridized carbons (Fsp3) is 0.500. The lowest BCUT2D eigenvalue weighted by Crippen LogP contribution is -2.53. The highest BCUT2D eigenvalue weighted by Gasteiger charge is 2.28. The number of hydrogen-bond donors (Lipinski definition) is 0. The smallest absolute Gasteiger partial charge is 0.219 e. The number of ketones is 1. The summed E-state index contributed by atoms with van der Waals surface area (Å²) in [5.74, 6) is 0.302. The maximum absolute atomic E-state index is 12.6. The van der Waals surface area contributed by atoms with Gasteiger partial charge in [0.15, 0.2) is 5.78 Å². The molecule has 1 heterocycles. The van der Waals surface area contributed by atoms with E-state index in [0.29, 0.717) is 13.1 Å². The summed E-state index contributed by atoms with van der Waals surface area (Å²) in [4.78, 5) is 28.0. The van der Waals surface area contributed by atoms with Gasteiger partial charge in [-0.25, -0.2) is 0 Å². The molecular weight excluding hydrogens is 252 g/mol. The SMILES string of the molecule is CCC(C(=O)c1ccccc1)N1CCN(C(C)=O)CC1. The minimum absolute atomic E-state index is 0.0773. The van der Waals surface area contributed by atoms with Crippen LogP contribution in [-0.2, 0) is 4.79 Å². The van der Waals surface area contributed by atoms with E-state index < -0.39 is 0 Å². The second-order valence-electron chi connectivity index (χ2n) is 5.20. The van der Waals surface area contributed by atoms with Crippen LogP contribution >= 0.6 is 0 Å². The zero-order valence-electron chi connectivity index (χ0n) is 12.2. The Kier molecular flexibility index (Phi) is 4.90. The molecule has 1 aromatic carbocycles. The van der Waals surface area contributed by atoms with E-state index in [1.165, 1.54) is 0 Å². The van der Waals surface area contributed by atoms with E-state index in [1.54, 1.807) is 6.92 Å². The van der Waals surface area contributed by atoms with Crippen molar-refractivity contribution in [1.82, 2.24) is 9.80 Å². The highest BCUT2D eigenvalue weighted by Crippen LogP contribution is 2.15. The minimum atomic E-state index is -0.0773. The number of benzene rings is 1. The van der Waals surface area contributed by atoms with Crippen LogP contribution in [0.15, 0.2) is 30.3 Å². The number of Topliss-reactive ketones (excluding diaryl/α,β-unsaturated/α-hetero) is 1. The molecule has 1 atom stereocenters. The van der Waals surface area contributed by atoms with Gasteiger partial charge in [-0.15, -0.1) is 0 Å². The van der Waals surface area contributed by atoms with Crippen molar-refractivity contribution in [3.05, 3.63) is 35.9 Å². The van der Waals surface area contributed by atoms with E-state index in [4.69, 9.17) is 0 Å². The lowest BCUT2D eigenvalue weighted by molar-refractivity contribution is -0.130. The summed E-state index contributed by atoms with van der Waals surface area (Å²) in [6.45, 7) is 6.63. The van der Waals surface area contributed by atoms with Gasteiger partial charge in [0.25, 0.3) is 0 Å². The topological polar surface area (TPSA) is 40.6 Å². The fourth-order valence-corrected chi connectivity index (χ4v) is 2.75. The van der Waals surface area contributed by atoms with Gasteiger partial charge < -0.3 is 4.90 Å². The third kappa shape index (κ3) is 3.25. The second kappa shape index (κ2) is 6.66. The first-order chi connectivity index (χ1) is 9.63. The molecule has 4 heteroatoms. The van der Waals surface area contributed by atoms with Crippen LogP contribution in [0.2, 0.25) is 0 Å². The Balaban J connectivity index is 2.03. The molecule has 1 aliphatic rings. The molecular formula is C16H22N2O2. The normalized spacial score (nSPS) is 17.8. The molecule has 1 aromatic rings. The largest absolute Gasteiger partial charge is 0.340 e. The molecule has 0 saturated carbocycles. The summed E-state index contributed by atoms with van der Waals surface area (Å²) in [5.41, 5.74) is 0.772. The first kappa shape index (κ1) is 14.7.